The fraction of sp³-hybridized carbons (Fsp3) is 0.292. The monoisotopic (exact) mass is 419 g/mol. The SMILES string of the molecule is CC(Oc1ccc(C(=O)NC2CCN(C(=O)c3ccco3)CC2)cn1)c1ccccc1. The van der Waals surface area contributed by atoms with Crippen LogP contribution in [0.1, 0.15) is 52.3 Å². The molecule has 2 aromatic heterocycles. The number of hydrogen-bond acceptors (Lipinski definition) is 5. The van der Waals surface area contributed by atoms with Crippen LogP contribution < -0.4 is 10.1 Å². The van der Waals surface area contributed by atoms with Crippen LogP contribution in [0.5, 0.6) is 5.88 Å². The third kappa shape index (κ3) is 5.12. The molecule has 2 amide bonds. The lowest BCUT2D eigenvalue weighted by Gasteiger charge is -2.31. The van der Waals surface area contributed by atoms with E-state index in [-0.39, 0.29) is 24.0 Å². The normalized spacial score (nSPS) is 15.3. The minimum atomic E-state index is -0.175. The van der Waals surface area contributed by atoms with Crippen LogP contribution in [0, 0.1) is 0 Å². The second-order valence-corrected chi connectivity index (χ2v) is 7.57. The number of likely N-dealkylation sites (tertiary alicyclic amines) is 1. The van der Waals surface area contributed by atoms with E-state index in [2.05, 4.69) is 10.3 Å². The number of pyridine rings is 1. The fourth-order valence-electron chi connectivity index (χ4n) is 3.61. The van der Waals surface area contributed by atoms with Gasteiger partial charge in [-0.15, -0.1) is 0 Å². The number of nitrogens with one attached hydrogen (secondary N) is 1. The number of ether oxygens (including phenoxy) is 1. The van der Waals surface area contributed by atoms with Crippen molar-refractivity contribution >= 4 is 11.8 Å². The molecule has 1 N–H and O–H groups in total. The number of hydrogen-bond donors (Lipinski definition) is 1. The van der Waals surface area contributed by atoms with Crippen molar-refractivity contribution in [3.05, 3.63) is 83.9 Å². The molecular weight excluding hydrogens is 394 g/mol. The molecule has 4 rings (SSSR count). The number of carbonyl (C=O) groups excluding carboxylic acids is 2. The molecule has 1 atom stereocenters. The topological polar surface area (TPSA) is 84.7 Å². The van der Waals surface area contributed by atoms with Crippen LogP contribution in [0.2, 0.25) is 0 Å². The fourth-order valence-corrected chi connectivity index (χ4v) is 3.61. The molecule has 0 bridgehead atoms. The molecular formula is C24H25N3O4. The van der Waals surface area contributed by atoms with Crippen molar-refractivity contribution in [2.45, 2.75) is 31.9 Å². The minimum Gasteiger partial charge on any atom is -0.470 e. The summed E-state index contributed by atoms with van der Waals surface area (Å²) in [5.74, 6) is 0.528. The highest BCUT2D eigenvalue weighted by Crippen LogP contribution is 2.20. The predicted molar refractivity (Wildman–Crippen MR) is 115 cm³/mol. The lowest BCUT2D eigenvalue weighted by atomic mass is 10.0. The molecule has 160 valence electrons. The summed E-state index contributed by atoms with van der Waals surface area (Å²) in [4.78, 5) is 30.9. The van der Waals surface area contributed by atoms with Crippen LogP contribution in [-0.2, 0) is 0 Å². The van der Waals surface area contributed by atoms with Gasteiger partial charge in [-0.3, -0.25) is 9.59 Å². The van der Waals surface area contributed by atoms with Crippen LogP contribution in [0.25, 0.3) is 0 Å². The second-order valence-electron chi connectivity index (χ2n) is 7.57. The zero-order valence-corrected chi connectivity index (χ0v) is 17.4. The number of rotatable bonds is 6. The maximum absolute atomic E-state index is 12.6. The Morgan fingerprint density at radius 3 is 2.52 bits per heavy atom. The first kappa shape index (κ1) is 20.7. The predicted octanol–water partition coefficient (Wildman–Crippen LogP) is 3.85. The number of aromatic nitrogens is 1. The Hall–Kier alpha value is -3.61. The molecule has 1 aliphatic heterocycles. The summed E-state index contributed by atoms with van der Waals surface area (Å²) in [7, 11) is 0. The third-order valence-corrected chi connectivity index (χ3v) is 5.41. The molecule has 1 aliphatic rings. The van der Waals surface area contributed by atoms with Crippen LogP contribution in [0.15, 0.2) is 71.5 Å². The molecule has 0 radical (unpaired) electrons. The zero-order chi connectivity index (χ0) is 21.6. The Bertz CT molecular complexity index is 995. The molecule has 7 nitrogen and oxygen atoms in total. The van der Waals surface area contributed by atoms with Gasteiger partial charge in [-0.1, -0.05) is 30.3 Å². The van der Waals surface area contributed by atoms with Crippen molar-refractivity contribution in [2.24, 2.45) is 0 Å². The van der Waals surface area contributed by atoms with E-state index >= 15 is 0 Å². The van der Waals surface area contributed by atoms with E-state index in [1.54, 1.807) is 29.2 Å². The first-order valence-corrected chi connectivity index (χ1v) is 10.4. The van der Waals surface area contributed by atoms with Gasteiger partial charge in [-0.25, -0.2) is 4.98 Å². The maximum Gasteiger partial charge on any atom is 0.289 e. The summed E-state index contributed by atoms with van der Waals surface area (Å²) in [5, 5.41) is 3.03. The van der Waals surface area contributed by atoms with Crippen LogP contribution in [-0.4, -0.2) is 40.8 Å². The van der Waals surface area contributed by atoms with E-state index in [0.717, 1.165) is 5.56 Å². The summed E-state index contributed by atoms with van der Waals surface area (Å²) in [6, 6.07) is 16.7. The van der Waals surface area contributed by atoms with Crippen LogP contribution in [0.4, 0.5) is 0 Å². The molecule has 31 heavy (non-hydrogen) atoms. The van der Waals surface area contributed by atoms with Gasteiger partial charge < -0.3 is 19.4 Å². The molecule has 1 fully saturated rings. The van der Waals surface area contributed by atoms with Crippen molar-refractivity contribution in [2.75, 3.05) is 13.1 Å². The average molecular weight is 419 g/mol. The van der Waals surface area contributed by atoms with Crippen molar-refractivity contribution in [1.29, 1.82) is 0 Å². The molecule has 0 spiro atoms. The van der Waals surface area contributed by atoms with Crippen molar-refractivity contribution in [3.8, 4) is 5.88 Å². The molecule has 1 aromatic carbocycles. The zero-order valence-electron chi connectivity index (χ0n) is 17.4. The van der Waals surface area contributed by atoms with Gasteiger partial charge in [0.15, 0.2) is 5.76 Å². The first-order chi connectivity index (χ1) is 15.1. The number of carbonyl (C=O) groups is 2. The van der Waals surface area contributed by atoms with Gasteiger partial charge >= 0.3 is 0 Å². The Kier molecular flexibility index (Phi) is 6.31. The largest absolute Gasteiger partial charge is 0.470 e. The average Bonchev–Trinajstić information content (AvgIpc) is 3.35. The van der Waals surface area contributed by atoms with Gasteiger partial charge in [-0.2, -0.15) is 0 Å². The molecule has 0 saturated carbocycles. The Balaban J connectivity index is 1.27. The molecule has 0 aliphatic carbocycles. The van der Waals surface area contributed by atoms with Gasteiger partial charge in [-0.05, 0) is 43.5 Å². The summed E-state index contributed by atoms with van der Waals surface area (Å²) in [5.41, 5.74) is 1.54. The lowest BCUT2D eigenvalue weighted by Crippen LogP contribution is -2.46. The van der Waals surface area contributed by atoms with E-state index in [1.165, 1.54) is 12.5 Å². The van der Waals surface area contributed by atoms with Gasteiger partial charge in [0, 0.05) is 31.4 Å². The number of nitrogens with zero attached hydrogens (tertiary/aromatic N) is 2. The highest BCUT2D eigenvalue weighted by Gasteiger charge is 2.26. The van der Waals surface area contributed by atoms with Crippen molar-refractivity contribution < 1.29 is 18.7 Å². The number of furan rings is 1. The summed E-state index contributed by atoms with van der Waals surface area (Å²) in [6.07, 6.45) is 4.27. The molecule has 3 heterocycles. The first-order valence-electron chi connectivity index (χ1n) is 10.4. The van der Waals surface area contributed by atoms with E-state index in [0.29, 0.717) is 43.1 Å². The number of amides is 2. The van der Waals surface area contributed by atoms with E-state index in [9.17, 15) is 9.59 Å². The van der Waals surface area contributed by atoms with E-state index < -0.39 is 0 Å². The van der Waals surface area contributed by atoms with Gasteiger partial charge in [0.25, 0.3) is 11.8 Å². The summed E-state index contributed by atoms with van der Waals surface area (Å²) < 4.78 is 11.0. The smallest absolute Gasteiger partial charge is 0.289 e. The Morgan fingerprint density at radius 1 is 1.10 bits per heavy atom. The van der Waals surface area contributed by atoms with Gasteiger partial charge in [0.05, 0.1) is 11.8 Å². The molecule has 3 aromatic rings. The highest BCUT2D eigenvalue weighted by atomic mass is 16.5. The molecule has 1 saturated heterocycles. The Labute approximate surface area is 181 Å². The summed E-state index contributed by atoms with van der Waals surface area (Å²) in [6.45, 7) is 3.11. The third-order valence-electron chi connectivity index (χ3n) is 5.41. The van der Waals surface area contributed by atoms with E-state index in [1.807, 2.05) is 37.3 Å². The minimum absolute atomic E-state index is 0.0159. The van der Waals surface area contributed by atoms with Crippen LogP contribution >= 0.6 is 0 Å². The van der Waals surface area contributed by atoms with Gasteiger partial charge in [0.1, 0.15) is 6.10 Å². The van der Waals surface area contributed by atoms with Crippen molar-refractivity contribution in [1.82, 2.24) is 15.2 Å². The summed E-state index contributed by atoms with van der Waals surface area (Å²) >= 11 is 0. The molecule has 7 heteroatoms. The maximum atomic E-state index is 12.6. The van der Waals surface area contributed by atoms with Crippen molar-refractivity contribution in [3.63, 3.8) is 0 Å². The van der Waals surface area contributed by atoms with Crippen LogP contribution in [0.3, 0.4) is 0 Å². The van der Waals surface area contributed by atoms with E-state index in [4.69, 9.17) is 9.15 Å². The lowest BCUT2D eigenvalue weighted by molar-refractivity contribution is 0.0667. The number of piperidine rings is 1. The standard InChI is InChI=1S/C24H25N3O4/c1-17(18-6-3-2-4-7-18)31-22-10-9-19(16-25-22)23(28)26-20-11-13-27(14-12-20)24(29)21-8-5-15-30-21/h2-10,15-17,20H,11-14H2,1H3,(H,26,28). The molecule has 1 unspecified atom stereocenters. The quantitative estimate of drug-likeness (QED) is 0.656. The second kappa shape index (κ2) is 9.47. The van der Waals surface area contributed by atoms with Gasteiger partial charge in [0.2, 0.25) is 5.88 Å². The Morgan fingerprint density at radius 2 is 1.87 bits per heavy atom. The highest BCUT2D eigenvalue weighted by molar-refractivity contribution is 5.94. The number of benzene rings is 1.